The van der Waals surface area contributed by atoms with Gasteiger partial charge in [-0.25, -0.2) is 0 Å². The van der Waals surface area contributed by atoms with Gasteiger partial charge in [-0.05, 0) is 37.6 Å². The second kappa shape index (κ2) is 6.77. The van der Waals surface area contributed by atoms with Crippen molar-refractivity contribution in [2.75, 3.05) is 19.6 Å². The molecule has 0 radical (unpaired) electrons. The van der Waals surface area contributed by atoms with E-state index in [-0.39, 0.29) is 23.2 Å². The maximum atomic E-state index is 12.6. The van der Waals surface area contributed by atoms with Crippen molar-refractivity contribution in [3.8, 4) is 0 Å². The zero-order chi connectivity index (χ0) is 15.3. The molecule has 0 bridgehead atoms. The van der Waals surface area contributed by atoms with E-state index in [9.17, 15) is 14.7 Å². The molecule has 3 N–H and O–H groups in total. The van der Waals surface area contributed by atoms with E-state index in [2.05, 4.69) is 17.6 Å². The standard InChI is InChI=1S/C16H28N2O3/c1-2-16(8-9-17-12-16)14(21)18-11-15(10-13(19)20)6-4-3-5-7-15/h17H,2-12H2,1H3,(H,18,21)(H,19,20). The second-order valence-electron chi connectivity index (χ2n) is 6.87. The summed E-state index contributed by atoms with van der Waals surface area (Å²) in [5.74, 6) is -0.649. The molecule has 1 saturated carbocycles. The highest BCUT2D eigenvalue weighted by atomic mass is 16.4. The van der Waals surface area contributed by atoms with Gasteiger partial charge >= 0.3 is 5.97 Å². The molecule has 2 fully saturated rings. The van der Waals surface area contributed by atoms with Crippen LogP contribution >= 0.6 is 0 Å². The SMILES string of the molecule is CCC1(C(=O)NCC2(CC(=O)O)CCCCC2)CCNC1. The molecule has 5 heteroatoms. The lowest BCUT2D eigenvalue weighted by Gasteiger charge is -2.37. The van der Waals surface area contributed by atoms with Crippen LogP contribution in [0.1, 0.15) is 58.3 Å². The Hall–Kier alpha value is -1.10. The summed E-state index contributed by atoms with van der Waals surface area (Å²) in [6.07, 6.45) is 7.03. The van der Waals surface area contributed by atoms with E-state index < -0.39 is 5.97 Å². The number of carbonyl (C=O) groups is 2. The molecule has 0 aromatic heterocycles. The predicted molar refractivity (Wildman–Crippen MR) is 81.0 cm³/mol. The fourth-order valence-corrected chi connectivity index (χ4v) is 3.89. The van der Waals surface area contributed by atoms with Gasteiger partial charge < -0.3 is 15.7 Å². The number of aliphatic carboxylic acids is 1. The van der Waals surface area contributed by atoms with Crippen molar-refractivity contribution in [1.82, 2.24) is 10.6 Å². The van der Waals surface area contributed by atoms with Gasteiger partial charge in [0.05, 0.1) is 11.8 Å². The molecule has 0 aromatic carbocycles. The topological polar surface area (TPSA) is 78.4 Å². The molecule has 5 nitrogen and oxygen atoms in total. The fraction of sp³-hybridized carbons (Fsp3) is 0.875. The average molecular weight is 296 g/mol. The molecular formula is C16H28N2O3. The van der Waals surface area contributed by atoms with Crippen LogP contribution in [0.3, 0.4) is 0 Å². The molecule has 21 heavy (non-hydrogen) atoms. The minimum absolute atomic E-state index is 0.102. The number of hydrogen-bond acceptors (Lipinski definition) is 3. The van der Waals surface area contributed by atoms with Crippen LogP contribution in [0.5, 0.6) is 0 Å². The summed E-state index contributed by atoms with van der Waals surface area (Å²) in [5, 5.41) is 15.5. The summed E-state index contributed by atoms with van der Waals surface area (Å²) in [5.41, 5.74) is -0.528. The number of carboxylic acids is 1. The quantitative estimate of drug-likeness (QED) is 0.699. The van der Waals surface area contributed by atoms with Crippen molar-refractivity contribution in [2.45, 2.75) is 58.3 Å². The van der Waals surface area contributed by atoms with Crippen LogP contribution in [0.25, 0.3) is 0 Å². The molecule has 1 heterocycles. The Labute approximate surface area is 126 Å². The summed E-state index contributed by atoms with van der Waals surface area (Å²) >= 11 is 0. The lowest BCUT2D eigenvalue weighted by atomic mass is 9.71. The summed E-state index contributed by atoms with van der Waals surface area (Å²) in [6.45, 7) is 4.20. The van der Waals surface area contributed by atoms with Gasteiger partial charge in [-0.3, -0.25) is 9.59 Å². The van der Waals surface area contributed by atoms with Crippen molar-refractivity contribution in [1.29, 1.82) is 0 Å². The van der Waals surface area contributed by atoms with Crippen LogP contribution in [0.4, 0.5) is 0 Å². The third kappa shape index (κ3) is 3.76. The van der Waals surface area contributed by atoms with E-state index in [0.717, 1.165) is 51.6 Å². The third-order valence-corrected chi connectivity index (χ3v) is 5.47. The maximum Gasteiger partial charge on any atom is 0.303 e. The largest absolute Gasteiger partial charge is 0.481 e. The van der Waals surface area contributed by atoms with Crippen LogP contribution in [0.2, 0.25) is 0 Å². The van der Waals surface area contributed by atoms with E-state index in [4.69, 9.17) is 0 Å². The van der Waals surface area contributed by atoms with Gasteiger partial charge in [-0.2, -0.15) is 0 Å². The zero-order valence-electron chi connectivity index (χ0n) is 13.0. The van der Waals surface area contributed by atoms with E-state index in [1.54, 1.807) is 0 Å². The Balaban J connectivity index is 1.97. The molecule has 1 atom stereocenters. The molecule has 1 aliphatic carbocycles. The first-order chi connectivity index (χ1) is 10.0. The van der Waals surface area contributed by atoms with Crippen molar-refractivity contribution in [3.63, 3.8) is 0 Å². The number of hydrogen-bond donors (Lipinski definition) is 3. The molecule has 2 rings (SSSR count). The van der Waals surface area contributed by atoms with Crippen molar-refractivity contribution >= 4 is 11.9 Å². The first-order valence-electron chi connectivity index (χ1n) is 8.23. The highest BCUT2D eigenvalue weighted by Crippen LogP contribution is 2.39. The van der Waals surface area contributed by atoms with E-state index in [0.29, 0.717) is 6.54 Å². The van der Waals surface area contributed by atoms with E-state index in [1.165, 1.54) is 6.42 Å². The molecule has 120 valence electrons. The zero-order valence-corrected chi connectivity index (χ0v) is 13.0. The molecular weight excluding hydrogens is 268 g/mol. The highest BCUT2D eigenvalue weighted by Gasteiger charge is 2.41. The van der Waals surface area contributed by atoms with Crippen LogP contribution in [0.15, 0.2) is 0 Å². The van der Waals surface area contributed by atoms with E-state index in [1.807, 2.05) is 0 Å². The predicted octanol–water partition coefficient (Wildman–Crippen LogP) is 1.92. The van der Waals surface area contributed by atoms with Gasteiger partial charge in [0.2, 0.25) is 5.91 Å². The Morgan fingerprint density at radius 3 is 2.43 bits per heavy atom. The molecule has 0 aromatic rings. The number of rotatable bonds is 6. The molecule has 1 aliphatic heterocycles. The fourth-order valence-electron chi connectivity index (χ4n) is 3.89. The monoisotopic (exact) mass is 296 g/mol. The molecule has 1 amide bonds. The number of amides is 1. The second-order valence-corrected chi connectivity index (χ2v) is 6.87. The maximum absolute atomic E-state index is 12.6. The summed E-state index contributed by atoms with van der Waals surface area (Å²) in [4.78, 5) is 23.7. The van der Waals surface area contributed by atoms with Crippen LogP contribution in [-0.2, 0) is 9.59 Å². The Bertz CT molecular complexity index is 383. The van der Waals surface area contributed by atoms with Crippen molar-refractivity contribution in [2.24, 2.45) is 10.8 Å². The van der Waals surface area contributed by atoms with Gasteiger partial charge in [0.25, 0.3) is 0 Å². The van der Waals surface area contributed by atoms with Gasteiger partial charge in [0, 0.05) is 13.1 Å². The van der Waals surface area contributed by atoms with Crippen molar-refractivity contribution < 1.29 is 14.7 Å². The molecule has 2 aliphatic rings. The Kier molecular flexibility index (Phi) is 5.25. The van der Waals surface area contributed by atoms with E-state index >= 15 is 0 Å². The number of carboxylic acid groups (broad SMARTS) is 1. The number of nitrogens with one attached hydrogen (secondary N) is 2. The highest BCUT2D eigenvalue weighted by molar-refractivity contribution is 5.83. The summed E-state index contributed by atoms with van der Waals surface area (Å²) in [7, 11) is 0. The summed E-state index contributed by atoms with van der Waals surface area (Å²) in [6, 6.07) is 0. The van der Waals surface area contributed by atoms with Gasteiger partial charge in [0.1, 0.15) is 0 Å². The lowest BCUT2D eigenvalue weighted by molar-refractivity contribution is -0.141. The first kappa shape index (κ1) is 16.3. The Morgan fingerprint density at radius 1 is 1.19 bits per heavy atom. The van der Waals surface area contributed by atoms with Crippen LogP contribution in [-0.4, -0.2) is 36.6 Å². The minimum atomic E-state index is -0.751. The van der Waals surface area contributed by atoms with Gasteiger partial charge in [-0.1, -0.05) is 26.2 Å². The summed E-state index contributed by atoms with van der Waals surface area (Å²) < 4.78 is 0. The normalized spacial score (nSPS) is 28.2. The van der Waals surface area contributed by atoms with Crippen molar-refractivity contribution in [3.05, 3.63) is 0 Å². The molecule has 1 saturated heterocycles. The minimum Gasteiger partial charge on any atom is -0.481 e. The van der Waals surface area contributed by atoms with Gasteiger partial charge in [0.15, 0.2) is 0 Å². The first-order valence-corrected chi connectivity index (χ1v) is 8.23. The molecule has 1 unspecified atom stereocenters. The molecule has 0 spiro atoms. The smallest absolute Gasteiger partial charge is 0.303 e. The lowest BCUT2D eigenvalue weighted by Crippen LogP contribution is -2.47. The number of carbonyl (C=O) groups excluding carboxylic acids is 1. The van der Waals surface area contributed by atoms with Gasteiger partial charge in [-0.15, -0.1) is 0 Å². The third-order valence-electron chi connectivity index (χ3n) is 5.47. The average Bonchev–Trinajstić information content (AvgIpc) is 2.95. The van der Waals surface area contributed by atoms with Crippen LogP contribution in [0, 0.1) is 10.8 Å². The Morgan fingerprint density at radius 2 is 1.90 bits per heavy atom. The van der Waals surface area contributed by atoms with Crippen LogP contribution < -0.4 is 10.6 Å².